The highest BCUT2D eigenvalue weighted by Crippen LogP contribution is 2.21. The van der Waals surface area contributed by atoms with Crippen molar-refractivity contribution in [1.82, 2.24) is 9.80 Å². The summed E-state index contributed by atoms with van der Waals surface area (Å²) in [4.78, 5) is 16.3. The molecule has 0 aromatic heterocycles. The minimum absolute atomic E-state index is 0.0922. The van der Waals surface area contributed by atoms with E-state index in [1.165, 1.54) is 32.0 Å². The van der Waals surface area contributed by atoms with Crippen molar-refractivity contribution in [2.24, 2.45) is 0 Å². The number of carbonyl (C=O) groups excluding carboxylic acids is 1. The van der Waals surface area contributed by atoms with Gasteiger partial charge in [0.2, 0.25) is 5.91 Å². The van der Waals surface area contributed by atoms with E-state index in [-0.39, 0.29) is 23.6 Å². The third-order valence-corrected chi connectivity index (χ3v) is 5.23. The zero-order valence-corrected chi connectivity index (χ0v) is 14.1. The molecular weight excluding hydrogens is 315 g/mol. The van der Waals surface area contributed by atoms with Gasteiger partial charge in [-0.2, -0.15) is 11.8 Å². The molecule has 1 aromatic rings. The van der Waals surface area contributed by atoms with E-state index in [0.717, 1.165) is 12.3 Å². The van der Waals surface area contributed by atoms with Crippen molar-refractivity contribution in [1.29, 1.82) is 0 Å². The summed E-state index contributed by atoms with van der Waals surface area (Å²) in [7, 11) is 0. The van der Waals surface area contributed by atoms with E-state index in [1.807, 2.05) is 0 Å². The van der Waals surface area contributed by atoms with E-state index < -0.39 is 0 Å². The highest BCUT2D eigenvalue weighted by Gasteiger charge is 2.32. The van der Waals surface area contributed by atoms with E-state index >= 15 is 0 Å². The van der Waals surface area contributed by atoms with Crippen molar-refractivity contribution in [2.75, 3.05) is 44.2 Å². The maximum atomic E-state index is 13.5. The number of ether oxygens (including phenoxy) is 1. The van der Waals surface area contributed by atoms with Gasteiger partial charge < -0.3 is 14.5 Å². The third kappa shape index (κ3) is 4.61. The smallest absolute Gasteiger partial charge is 0.232 e. The number of amides is 1. The molecule has 3 rings (SSSR count). The van der Waals surface area contributed by atoms with Gasteiger partial charge in [0.05, 0.1) is 18.8 Å². The molecule has 1 amide bonds. The molecule has 6 heteroatoms. The average Bonchev–Trinajstić information content (AvgIpc) is 3.02. The first-order chi connectivity index (χ1) is 11.2. The predicted octanol–water partition coefficient (Wildman–Crippen LogP) is 2.24. The number of hydrogen-bond acceptors (Lipinski definition) is 4. The lowest BCUT2D eigenvalue weighted by Crippen LogP contribution is -2.56. The maximum absolute atomic E-state index is 13.5. The van der Waals surface area contributed by atoms with E-state index in [0.29, 0.717) is 18.8 Å². The molecule has 0 radical (unpaired) electrons. The van der Waals surface area contributed by atoms with Crippen molar-refractivity contribution >= 4 is 17.7 Å². The van der Waals surface area contributed by atoms with Crippen LogP contribution in [0.3, 0.4) is 0 Å². The lowest BCUT2D eigenvalue weighted by molar-refractivity contribution is -0.137. The number of carbonyl (C=O) groups is 1. The van der Waals surface area contributed by atoms with Crippen LogP contribution in [-0.2, 0) is 4.79 Å². The predicted molar refractivity (Wildman–Crippen MR) is 90.4 cm³/mol. The highest BCUT2D eigenvalue weighted by molar-refractivity contribution is 7.99. The van der Waals surface area contributed by atoms with Crippen LogP contribution < -0.4 is 4.74 Å². The second-order valence-corrected chi connectivity index (χ2v) is 7.18. The number of rotatable bonds is 7. The van der Waals surface area contributed by atoms with Crippen LogP contribution in [0.15, 0.2) is 24.3 Å². The first kappa shape index (κ1) is 16.6. The number of halogens is 1. The molecule has 1 aromatic carbocycles. The van der Waals surface area contributed by atoms with Gasteiger partial charge in [-0.25, -0.2) is 4.39 Å². The Morgan fingerprint density at radius 1 is 1.26 bits per heavy atom. The van der Waals surface area contributed by atoms with E-state index in [2.05, 4.69) is 4.90 Å². The van der Waals surface area contributed by atoms with E-state index in [4.69, 9.17) is 4.74 Å². The fraction of sp³-hybridized carbons (Fsp3) is 0.588. The van der Waals surface area contributed by atoms with Gasteiger partial charge in [0, 0.05) is 12.3 Å². The Balaban J connectivity index is 1.29. The molecule has 0 bridgehead atoms. The highest BCUT2D eigenvalue weighted by atomic mass is 32.2. The molecule has 2 aliphatic rings. The van der Waals surface area contributed by atoms with Gasteiger partial charge in [0.15, 0.2) is 11.6 Å². The van der Waals surface area contributed by atoms with E-state index in [9.17, 15) is 9.18 Å². The standard InChI is InChI=1S/C17H23FN2O2S/c18-15-5-1-2-6-16(15)22-14-11-20(12-14)17(21)13-23-10-9-19-7-3-4-8-19/h1-2,5-6,14H,3-4,7-13H2. The lowest BCUT2D eigenvalue weighted by Gasteiger charge is -2.39. The van der Waals surface area contributed by atoms with Gasteiger partial charge in [-0.05, 0) is 38.1 Å². The number of likely N-dealkylation sites (tertiary alicyclic amines) is 2. The van der Waals surface area contributed by atoms with Gasteiger partial charge in [-0.15, -0.1) is 0 Å². The Morgan fingerprint density at radius 3 is 2.74 bits per heavy atom. The monoisotopic (exact) mass is 338 g/mol. The Hall–Kier alpha value is -1.27. The normalized spacial score (nSPS) is 18.9. The number of thioether (sulfide) groups is 1. The number of hydrogen-bond donors (Lipinski definition) is 0. The van der Waals surface area contributed by atoms with Crippen molar-refractivity contribution in [3.63, 3.8) is 0 Å². The number of benzene rings is 1. The fourth-order valence-electron chi connectivity index (χ4n) is 2.89. The second-order valence-electron chi connectivity index (χ2n) is 6.07. The van der Waals surface area contributed by atoms with Crippen LogP contribution in [0.25, 0.3) is 0 Å². The summed E-state index contributed by atoms with van der Waals surface area (Å²) >= 11 is 1.70. The van der Waals surface area contributed by atoms with Gasteiger partial charge in [0.25, 0.3) is 0 Å². The minimum atomic E-state index is -0.352. The molecule has 0 N–H and O–H groups in total. The van der Waals surface area contributed by atoms with Crippen molar-refractivity contribution in [3.05, 3.63) is 30.1 Å². The van der Waals surface area contributed by atoms with Crippen LogP contribution in [-0.4, -0.2) is 66.0 Å². The molecule has 2 heterocycles. The molecule has 0 spiro atoms. The number of para-hydroxylation sites is 1. The Kier molecular flexibility index (Phi) is 5.78. The molecule has 0 atom stereocenters. The topological polar surface area (TPSA) is 32.8 Å². The summed E-state index contributed by atoms with van der Waals surface area (Å²) in [6.07, 6.45) is 2.52. The molecular formula is C17H23FN2O2S. The van der Waals surface area contributed by atoms with Crippen molar-refractivity contribution in [3.8, 4) is 5.75 Å². The van der Waals surface area contributed by atoms with E-state index in [1.54, 1.807) is 34.9 Å². The molecule has 126 valence electrons. The zero-order chi connectivity index (χ0) is 16.1. The molecule has 2 aliphatic heterocycles. The summed E-state index contributed by atoms with van der Waals surface area (Å²) < 4.78 is 19.1. The van der Waals surface area contributed by atoms with Gasteiger partial charge in [-0.1, -0.05) is 12.1 Å². The number of nitrogens with zero attached hydrogens (tertiary/aromatic N) is 2. The van der Waals surface area contributed by atoms with Crippen LogP contribution >= 0.6 is 11.8 Å². The summed E-state index contributed by atoms with van der Waals surface area (Å²) in [5.74, 6) is 1.61. The summed E-state index contributed by atoms with van der Waals surface area (Å²) in [6, 6.07) is 6.39. The summed E-state index contributed by atoms with van der Waals surface area (Å²) in [5, 5.41) is 0. The van der Waals surface area contributed by atoms with Crippen molar-refractivity contribution in [2.45, 2.75) is 18.9 Å². The molecule has 2 saturated heterocycles. The lowest BCUT2D eigenvalue weighted by atomic mass is 10.1. The first-order valence-electron chi connectivity index (χ1n) is 8.21. The van der Waals surface area contributed by atoms with Crippen LogP contribution in [0.1, 0.15) is 12.8 Å². The molecule has 0 saturated carbocycles. The van der Waals surface area contributed by atoms with Gasteiger partial charge in [-0.3, -0.25) is 4.79 Å². The third-order valence-electron chi connectivity index (χ3n) is 4.31. The summed E-state index contributed by atoms with van der Waals surface area (Å²) in [6.45, 7) is 4.60. The minimum Gasteiger partial charge on any atom is -0.484 e. The van der Waals surface area contributed by atoms with Crippen LogP contribution in [0, 0.1) is 5.82 Å². The maximum Gasteiger partial charge on any atom is 0.232 e. The molecule has 0 aliphatic carbocycles. The van der Waals surface area contributed by atoms with Crippen molar-refractivity contribution < 1.29 is 13.9 Å². The zero-order valence-electron chi connectivity index (χ0n) is 13.2. The largest absolute Gasteiger partial charge is 0.484 e. The molecule has 0 unspecified atom stereocenters. The average molecular weight is 338 g/mol. The van der Waals surface area contributed by atoms with Gasteiger partial charge >= 0.3 is 0 Å². The Bertz CT molecular complexity index is 531. The second kappa shape index (κ2) is 8.02. The quantitative estimate of drug-likeness (QED) is 0.714. The SMILES string of the molecule is O=C(CSCCN1CCCC1)N1CC(Oc2ccccc2F)C1. The van der Waals surface area contributed by atoms with Crippen LogP contribution in [0.5, 0.6) is 5.75 Å². The van der Waals surface area contributed by atoms with Crippen LogP contribution in [0.4, 0.5) is 4.39 Å². The fourth-order valence-corrected chi connectivity index (χ4v) is 3.78. The summed E-state index contributed by atoms with van der Waals surface area (Å²) in [5.41, 5.74) is 0. The molecule has 23 heavy (non-hydrogen) atoms. The molecule has 4 nitrogen and oxygen atoms in total. The first-order valence-corrected chi connectivity index (χ1v) is 9.37. The van der Waals surface area contributed by atoms with Gasteiger partial charge in [0.1, 0.15) is 6.10 Å². The van der Waals surface area contributed by atoms with Crippen LogP contribution in [0.2, 0.25) is 0 Å². The molecule has 2 fully saturated rings. The Labute approximate surface area is 141 Å². The Morgan fingerprint density at radius 2 is 2.00 bits per heavy atom.